The van der Waals surface area contributed by atoms with Crippen molar-refractivity contribution in [3.05, 3.63) is 42.2 Å². The smallest absolute Gasteiger partial charge is 0.155 e. The number of hydrogen-bond acceptors (Lipinski definition) is 4. The van der Waals surface area contributed by atoms with Gasteiger partial charge in [-0.05, 0) is 29.9 Å². The van der Waals surface area contributed by atoms with E-state index in [9.17, 15) is 8.42 Å². The fourth-order valence-corrected chi connectivity index (χ4v) is 5.04. The van der Waals surface area contributed by atoms with Crippen LogP contribution in [-0.2, 0) is 9.84 Å². The first-order valence-corrected chi connectivity index (χ1v) is 8.61. The fraction of sp³-hybridized carbons (Fsp3) is 0.400. The third-order valence-electron chi connectivity index (χ3n) is 4.11. The first-order chi connectivity index (χ1) is 9.59. The molecule has 4 nitrogen and oxygen atoms in total. The summed E-state index contributed by atoms with van der Waals surface area (Å²) in [6.45, 7) is 0. The molecule has 1 aliphatic rings. The number of sulfone groups is 1. The predicted octanol–water partition coefficient (Wildman–Crippen LogP) is 2.20. The number of pyridine rings is 1. The minimum absolute atomic E-state index is 0.258. The molecule has 106 valence electrons. The van der Waals surface area contributed by atoms with E-state index < -0.39 is 21.1 Å². The zero-order valence-corrected chi connectivity index (χ0v) is 12.0. The zero-order valence-electron chi connectivity index (χ0n) is 11.2. The van der Waals surface area contributed by atoms with Crippen LogP contribution in [0.3, 0.4) is 0 Å². The average molecular weight is 290 g/mol. The standard InChI is InChI=1S/C15H18N2O2S/c16-15(14-6-1-2-9-20(14,18)19)12-5-3-4-11-7-8-17-10-13(11)12/h3-5,7-8,10,14-15H,1-2,6,9,16H2. The molecule has 0 saturated carbocycles. The number of nitrogens with zero attached hydrogens (tertiary/aromatic N) is 1. The van der Waals surface area contributed by atoms with E-state index in [1.807, 2.05) is 24.3 Å². The first-order valence-electron chi connectivity index (χ1n) is 6.89. The molecule has 1 aromatic carbocycles. The van der Waals surface area contributed by atoms with Crippen molar-refractivity contribution in [1.82, 2.24) is 4.98 Å². The SMILES string of the molecule is NC(c1cccc2ccncc12)C1CCCCS1(=O)=O. The molecule has 5 heteroatoms. The molecule has 1 aliphatic heterocycles. The predicted molar refractivity (Wildman–Crippen MR) is 80.1 cm³/mol. The van der Waals surface area contributed by atoms with Gasteiger partial charge in [-0.3, -0.25) is 4.98 Å². The molecule has 2 unspecified atom stereocenters. The van der Waals surface area contributed by atoms with Crippen molar-refractivity contribution in [3.8, 4) is 0 Å². The van der Waals surface area contributed by atoms with E-state index in [-0.39, 0.29) is 5.75 Å². The van der Waals surface area contributed by atoms with Gasteiger partial charge in [-0.15, -0.1) is 0 Å². The van der Waals surface area contributed by atoms with Crippen LogP contribution >= 0.6 is 0 Å². The van der Waals surface area contributed by atoms with E-state index in [2.05, 4.69) is 4.98 Å². The monoisotopic (exact) mass is 290 g/mol. The van der Waals surface area contributed by atoms with Crippen LogP contribution in [0.2, 0.25) is 0 Å². The lowest BCUT2D eigenvalue weighted by atomic mass is 9.96. The molecule has 1 fully saturated rings. The Kier molecular flexibility index (Phi) is 3.48. The molecule has 2 N–H and O–H groups in total. The third-order valence-corrected chi connectivity index (χ3v) is 6.41. The molecule has 0 bridgehead atoms. The van der Waals surface area contributed by atoms with Gasteiger partial charge in [-0.1, -0.05) is 24.6 Å². The van der Waals surface area contributed by atoms with Crippen LogP contribution in [0.4, 0.5) is 0 Å². The molecule has 1 saturated heterocycles. The minimum Gasteiger partial charge on any atom is -0.323 e. The van der Waals surface area contributed by atoms with Gasteiger partial charge in [0.1, 0.15) is 0 Å². The van der Waals surface area contributed by atoms with Gasteiger partial charge in [0.05, 0.1) is 11.0 Å². The highest BCUT2D eigenvalue weighted by molar-refractivity contribution is 7.92. The maximum absolute atomic E-state index is 12.2. The van der Waals surface area contributed by atoms with Gasteiger partial charge in [0, 0.05) is 23.8 Å². The second-order valence-corrected chi connectivity index (χ2v) is 7.71. The van der Waals surface area contributed by atoms with Crippen LogP contribution in [0, 0.1) is 0 Å². The van der Waals surface area contributed by atoms with Gasteiger partial charge in [0.2, 0.25) is 0 Å². The molecule has 2 atom stereocenters. The molecule has 0 aliphatic carbocycles. The topological polar surface area (TPSA) is 73.0 Å². The van der Waals surface area contributed by atoms with Crippen LogP contribution < -0.4 is 5.73 Å². The molecular formula is C15H18N2O2S. The lowest BCUT2D eigenvalue weighted by molar-refractivity contribution is 0.506. The van der Waals surface area contributed by atoms with Crippen LogP contribution in [-0.4, -0.2) is 24.4 Å². The third kappa shape index (κ3) is 2.31. The molecule has 0 radical (unpaired) electrons. The summed E-state index contributed by atoms with van der Waals surface area (Å²) in [6.07, 6.45) is 5.83. The van der Waals surface area contributed by atoms with Crippen LogP contribution in [0.25, 0.3) is 10.8 Å². The summed E-state index contributed by atoms with van der Waals surface area (Å²) in [7, 11) is -3.08. The van der Waals surface area contributed by atoms with E-state index in [0.29, 0.717) is 6.42 Å². The van der Waals surface area contributed by atoms with E-state index in [0.717, 1.165) is 29.2 Å². The molecule has 0 spiro atoms. The second kappa shape index (κ2) is 5.14. The van der Waals surface area contributed by atoms with Gasteiger partial charge in [-0.2, -0.15) is 0 Å². The zero-order chi connectivity index (χ0) is 14.2. The van der Waals surface area contributed by atoms with Gasteiger partial charge < -0.3 is 5.73 Å². The van der Waals surface area contributed by atoms with E-state index in [4.69, 9.17) is 5.73 Å². The molecule has 0 amide bonds. The van der Waals surface area contributed by atoms with Crippen LogP contribution in [0.15, 0.2) is 36.7 Å². The Hall–Kier alpha value is -1.46. The van der Waals surface area contributed by atoms with Gasteiger partial charge in [0.15, 0.2) is 9.84 Å². The molecule has 3 rings (SSSR count). The van der Waals surface area contributed by atoms with E-state index in [1.165, 1.54) is 0 Å². The normalized spacial score (nSPS) is 23.6. The molecule has 1 aromatic heterocycles. The number of rotatable bonds is 2. The molecule has 20 heavy (non-hydrogen) atoms. The van der Waals surface area contributed by atoms with Crippen molar-refractivity contribution in [2.75, 3.05) is 5.75 Å². The number of benzene rings is 1. The minimum atomic E-state index is -3.08. The van der Waals surface area contributed by atoms with Gasteiger partial charge in [-0.25, -0.2) is 8.42 Å². The summed E-state index contributed by atoms with van der Waals surface area (Å²) < 4.78 is 24.5. The lowest BCUT2D eigenvalue weighted by Crippen LogP contribution is -2.37. The summed E-state index contributed by atoms with van der Waals surface area (Å²) in [5.74, 6) is 0.258. The highest BCUT2D eigenvalue weighted by atomic mass is 32.2. The Labute approximate surface area is 118 Å². The highest BCUT2D eigenvalue weighted by Crippen LogP contribution is 2.32. The average Bonchev–Trinajstić information content (AvgIpc) is 2.45. The summed E-state index contributed by atoms with van der Waals surface area (Å²) in [4.78, 5) is 4.13. The Bertz CT molecular complexity index is 722. The molecular weight excluding hydrogens is 272 g/mol. The number of fused-ring (bicyclic) bond motifs is 1. The van der Waals surface area contributed by atoms with Crippen LogP contribution in [0.5, 0.6) is 0 Å². The highest BCUT2D eigenvalue weighted by Gasteiger charge is 2.34. The lowest BCUT2D eigenvalue weighted by Gasteiger charge is -2.28. The van der Waals surface area contributed by atoms with E-state index in [1.54, 1.807) is 12.4 Å². The fourth-order valence-electron chi connectivity index (χ4n) is 3.01. The number of aromatic nitrogens is 1. The molecule has 2 heterocycles. The van der Waals surface area contributed by atoms with E-state index >= 15 is 0 Å². The van der Waals surface area contributed by atoms with Crippen molar-refractivity contribution < 1.29 is 8.42 Å². The maximum Gasteiger partial charge on any atom is 0.155 e. The van der Waals surface area contributed by atoms with Crippen LogP contribution in [0.1, 0.15) is 30.9 Å². The van der Waals surface area contributed by atoms with Gasteiger partial charge in [0.25, 0.3) is 0 Å². The Morgan fingerprint density at radius 1 is 1.25 bits per heavy atom. The van der Waals surface area contributed by atoms with Crippen molar-refractivity contribution >= 4 is 20.6 Å². The Balaban J connectivity index is 2.06. The quantitative estimate of drug-likeness (QED) is 0.920. The summed E-state index contributed by atoms with van der Waals surface area (Å²) in [5.41, 5.74) is 7.19. The Morgan fingerprint density at radius 3 is 2.90 bits per heavy atom. The second-order valence-electron chi connectivity index (χ2n) is 5.37. The van der Waals surface area contributed by atoms with Crippen molar-refractivity contribution in [3.63, 3.8) is 0 Å². The largest absolute Gasteiger partial charge is 0.323 e. The van der Waals surface area contributed by atoms with Gasteiger partial charge >= 0.3 is 0 Å². The van der Waals surface area contributed by atoms with Crippen molar-refractivity contribution in [1.29, 1.82) is 0 Å². The summed E-state index contributed by atoms with van der Waals surface area (Å²) in [5, 5.41) is 1.52. The first kappa shape index (κ1) is 13.5. The maximum atomic E-state index is 12.2. The summed E-state index contributed by atoms with van der Waals surface area (Å²) in [6, 6.07) is 7.27. The van der Waals surface area contributed by atoms with Crippen molar-refractivity contribution in [2.45, 2.75) is 30.6 Å². The summed E-state index contributed by atoms with van der Waals surface area (Å²) >= 11 is 0. The number of nitrogens with two attached hydrogens (primary N) is 1. The molecule has 2 aromatic rings. The van der Waals surface area contributed by atoms with Crippen molar-refractivity contribution in [2.24, 2.45) is 5.73 Å². The Morgan fingerprint density at radius 2 is 2.10 bits per heavy atom. The number of hydrogen-bond donors (Lipinski definition) is 1.